The fourth-order valence-electron chi connectivity index (χ4n) is 3.80. The van der Waals surface area contributed by atoms with Crippen molar-refractivity contribution < 1.29 is 15.0 Å². The van der Waals surface area contributed by atoms with Crippen molar-refractivity contribution in [2.24, 2.45) is 0 Å². The maximum Gasteiger partial charge on any atom is 0.312 e. The minimum atomic E-state index is -0.775. The van der Waals surface area contributed by atoms with Crippen LogP contribution in [0.25, 0.3) is 0 Å². The second kappa shape index (κ2) is 5.78. The molecule has 2 N–H and O–H groups in total. The standard InChI is InChI=1S/C17H23NO3/c19-16(20)15-11-18(10-13-6-2-3-7-14(13)15)12-17(21)8-4-1-5-9-17/h2-3,6-7,15,21H,1,4-5,8-12H2,(H,19,20). The van der Waals surface area contributed by atoms with E-state index in [1.807, 2.05) is 24.3 Å². The van der Waals surface area contributed by atoms with Crippen molar-refractivity contribution in [3.05, 3.63) is 35.4 Å². The number of benzene rings is 1. The molecule has 4 nitrogen and oxygen atoms in total. The Morgan fingerprint density at radius 3 is 2.67 bits per heavy atom. The van der Waals surface area contributed by atoms with E-state index >= 15 is 0 Å². The first-order valence-electron chi connectivity index (χ1n) is 7.83. The van der Waals surface area contributed by atoms with Gasteiger partial charge in [-0.1, -0.05) is 43.5 Å². The normalized spacial score (nSPS) is 25.3. The number of carboxylic acid groups (broad SMARTS) is 1. The molecule has 1 atom stereocenters. The molecule has 0 radical (unpaired) electrons. The molecule has 4 heteroatoms. The van der Waals surface area contributed by atoms with E-state index in [0.717, 1.165) is 43.4 Å². The third-order valence-corrected chi connectivity index (χ3v) is 4.87. The highest BCUT2D eigenvalue weighted by atomic mass is 16.4. The summed E-state index contributed by atoms with van der Waals surface area (Å²) in [6, 6.07) is 7.78. The largest absolute Gasteiger partial charge is 0.481 e. The van der Waals surface area contributed by atoms with Crippen molar-refractivity contribution in [3.8, 4) is 0 Å². The molecule has 0 bridgehead atoms. The molecule has 21 heavy (non-hydrogen) atoms. The highest BCUT2D eigenvalue weighted by molar-refractivity contribution is 5.77. The lowest BCUT2D eigenvalue weighted by Crippen LogP contribution is -2.47. The fraction of sp³-hybridized carbons (Fsp3) is 0.588. The van der Waals surface area contributed by atoms with Crippen molar-refractivity contribution in [1.29, 1.82) is 0 Å². The Kier molecular flexibility index (Phi) is 4.00. The maximum absolute atomic E-state index is 11.5. The monoisotopic (exact) mass is 289 g/mol. The van der Waals surface area contributed by atoms with Crippen LogP contribution in [0.15, 0.2) is 24.3 Å². The number of nitrogens with zero attached hydrogens (tertiary/aromatic N) is 1. The summed E-state index contributed by atoms with van der Waals surface area (Å²) in [6.45, 7) is 1.82. The third-order valence-electron chi connectivity index (χ3n) is 4.87. The average molecular weight is 289 g/mol. The molecule has 1 aliphatic carbocycles. The zero-order valence-corrected chi connectivity index (χ0v) is 12.3. The first kappa shape index (κ1) is 14.5. The topological polar surface area (TPSA) is 60.8 Å². The molecular formula is C17H23NO3. The number of rotatable bonds is 3. The molecule has 0 spiro atoms. The van der Waals surface area contributed by atoms with Crippen molar-refractivity contribution in [2.75, 3.05) is 13.1 Å². The summed E-state index contributed by atoms with van der Waals surface area (Å²) < 4.78 is 0. The number of aliphatic hydroxyl groups is 1. The van der Waals surface area contributed by atoms with Crippen LogP contribution >= 0.6 is 0 Å². The number of β-amino-alcohol motifs (C(OH)–C–C–N with tert-alkyl or cyclic N) is 1. The lowest BCUT2D eigenvalue weighted by Gasteiger charge is -2.40. The summed E-state index contributed by atoms with van der Waals surface area (Å²) >= 11 is 0. The van der Waals surface area contributed by atoms with Crippen LogP contribution in [-0.2, 0) is 11.3 Å². The molecule has 0 saturated heterocycles. The van der Waals surface area contributed by atoms with E-state index in [1.54, 1.807) is 0 Å². The van der Waals surface area contributed by atoms with Crippen LogP contribution in [0, 0.1) is 0 Å². The van der Waals surface area contributed by atoms with Gasteiger partial charge in [0, 0.05) is 19.6 Å². The van der Waals surface area contributed by atoms with E-state index in [2.05, 4.69) is 4.90 Å². The molecule has 1 fully saturated rings. The quantitative estimate of drug-likeness (QED) is 0.897. The lowest BCUT2D eigenvalue weighted by atomic mass is 9.83. The first-order chi connectivity index (χ1) is 10.1. The Balaban J connectivity index is 1.78. The van der Waals surface area contributed by atoms with Gasteiger partial charge in [-0.05, 0) is 24.0 Å². The van der Waals surface area contributed by atoms with Gasteiger partial charge in [-0.15, -0.1) is 0 Å². The summed E-state index contributed by atoms with van der Waals surface area (Å²) in [6.07, 6.45) is 5.02. The van der Waals surface area contributed by atoms with Gasteiger partial charge in [0.15, 0.2) is 0 Å². The number of fused-ring (bicyclic) bond motifs is 1. The molecule has 0 amide bonds. The molecule has 2 aliphatic rings. The molecular weight excluding hydrogens is 266 g/mol. The van der Waals surface area contributed by atoms with Crippen molar-refractivity contribution >= 4 is 5.97 Å². The van der Waals surface area contributed by atoms with Crippen LogP contribution in [0.1, 0.15) is 49.1 Å². The van der Waals surface area contributed by atoms with E-state index in [-0.39, 0.29) is 0 Å². The number of carboxylic acids is 1. The summed E-state index contributed by atoms with van der Waals surface area (Å²) in [7, 11) is 0. The molecule has 1 aromatic carbocycles. The van der Waals surface area contributed by atoms with Crippen LogP contribution in [-0.4, -0.2) is 39.8 Å². The van der Waals surface area contributed by atoms with Gasteiger partial charge < -0.3 is 10.2 Å². The van der Waals surface area contributed by atoms with Gasteiger partial charge >= 0.3 is 5.97 Å². The zero-order valence-electron chi connectivity index (χ0n) is 12.3. The highest BCUT2D eigenvalue weighted by Crippen LogP contribution is 2.33. The van der Waals surface area contributed by atoms with Gasteiger partial charge in [0.2, 0.25) is 0 Å². The maximum atomic E-state index is 11.5. The Labute approximate surface area is 125 Å². The van der Waals surface area contributed by atoms with Crippen LogP contribution < -0.4 is 0 Å². The molecule has 3 rings (SSSR count). The van der Waals surface area contributed by atoms with Crippen LogP contribution in [0.4, 0.5) is 0 Å². The van der Waals surface area contributed by atoms with Gasteiger partial charge in [0.05, 0.1) is 11.5 Å². The van der Waals surface area contributed by atoms with Crippen molar-refractivity contribution in [1.82, 2.24) is 4.90 Å². The summed E-state index contributed by atoms with van der Waals surface area (Å²) in [5.74, 6) is -1.26. The second-order valence-electron chi connectivity index (χ2n) is 6.54. The molecule has 1 unspecified atom stereocenters. The summed E-state index contributed by atoms with van der Waals surface area (Å²) in [5, 5.41) is 20.2. The van der Waals surface area contributed by atoms with Crippen LogP contribution in [0.2, 0.25) is 0 Å². The number of carbonyl (C=O) groups is 1. The second-order valence-corrected chi connectivity index (χ2v) is 6.54. The van der Waals surface area contributed by atoms with E-state index < -0.39 is 17.5 Å². The average Bonchev–Trinajstić information content (AvgIpc) is 2.46. The minimum Gasteiger partial charge on any atom is -0.481 e. The third kappa shape index (κ3) is 3.11. The number of hydrogen-bond acceptors (Lipinski definition) is 3. The summed E-state index contributed by atoms with van der Waals surface area (Å²) in [4.78, 5) is 13.7. The first-order valence-corrected chi connectivity index (χ1v) is 7.83. The molecule has 114 valence electrons. The Morgan fingerprint density at radius 2 is 1.95 bits per heavy atom. The molecule has 1 aliphatic heterocycles. The molecule has 1 aromatic rings. The van der Waals surface area contributed by atoms with E-state index in [4.69, 9.17) is 0 Å². The van der Waals surface area contributed by atoms with Crippen LogP contribution in [0.3, 0.4) is 0 Å². The van der Waals surface area contributed by atoms with Gasteiger partial charge in [-0.2, -0.15) is 0 Å². The smallest absolute Gasteiger partial charge is 0.312 e. The van der Waals surface area contributed by atoms with Gasteiger partial charge in [0.1, 0.15) is 0 Å². The lowest BCUT2D eigenvalue weighted by molar-refractivity contribution is -0.140. The minimum absolute atomic E-state index is 0.484. The van der Waals surface area contributed by atoms with Crippen molar-refractivity contribution in [3.63, 3.8) is 0 Å². The molecule has 0 aromatic heterocycles. The van der Waals surface area contributed by atoms with Gasteiger partial charge in [0.25, 0.3) is 0 Å². The Hall–Kier alpha value is -1.39. The zero-order chi connectivity index (χ0) is 14.9. The number of hydrogen-bond donors (Lipinski definition) is 2. The Bertz CT molecular complexity index is 523. The predicted octanol–water partition coefficient (Wildman–Crippen LogP) is 2.37. The van der Waals surface area contributed by atoms with Gasteiger partial charge in [-0.25, -0.2) is 0 Å². The molecule has 1 saturated carbocycles. The highest BCUT2D eigenvalue weighted by Gasteiger charge is 2.36. The van der Waals surface area contributed by atoms with Crippen LogP contribution in [0.5, 0.6) is 0 Å². The van der Waals surface area contributed by atoms with Crippen molar-refractivity contribution in [2.45, 2.75) is 50.2 Å². The van der Waals surface area contributed by atoms with Gasteiger partial charge in [-0.3, -0.25) is 9.69 Å². The fourth-order valence-corrected chi connectivity index (χ4v) is 3.80. The SMILES string of the molecule is O=C(O)C1CN(CC2(O)CCCCC2)Cc2ccccc21. The summed E-state index contributed by atoms with van der Waals surface area (Å²) in [5.41, 5.74) is 1.38. The Morgan fingerprint density at radius 1 is 1.24 bits per heavy atom. The predicted molar refractivity (Wildman–Crippen MR) is 80.1 cm³/mol. The van der Waals surface area contributed by atoms with E-state index in [1.165, 1.54) is 6.42 Å². The van der Waals surface area contributed by atoms with E-state index in [9.17, 15) is 15.0 Å². The van der Waals surface area contributed by atoms with E-state index in [0.29, 0.717) is 13.1 Å². The number of aliphatic carboxylic acids is 1. The molecule has 1 heterocycles.